The van der Waals surface area contributed by atoms with E-state index >= 15 is 0 Å². The van der Waals surface area contributed by atoms with Crippen molar-refractivity contribution >= 4 is 11.4 Å². The molecule has 1 N–H and O–H groups in total. The number of nitrogens with one attached hydrogen (secondary N) is 1. The second-order valence-corrected chi connectivity index (χ2v) is 6.43. The van der Waals surface area contributed by atoms with Crippen LogP contribution in [0.25, 0.3) is 5.52 Å². The maximum atomic E-state index is 12.5. The van der Waals surface area contributed by atoms with Gasteiger partial charge in [0, 0.05) is 30.5 Å². The van der Waals surface area contributed by atoms with E-state index in [0.717, 1.165) is 17.6 Å². The number of pyridine rings is 1. The molecule has 1 amide bonds. The van der Waals surface area contributed by atoms with Gasteiger partial charge in [0.2, 0.25) is 0 Å². The summed E-state index contributed by atoms with van der Waals surface area (Å²) in [6.07, 6.45) is 6.39. The maximum Gasteiger partial charge on any atom is 0.253 e. The fourth-order valence-corrected chi connectivity index (χ4v) is 3.77. The maximum absolute atomic E-state index is 12.5. The van der Waals surface area contributed by atoms with Gasteiger partial charge in [0.1, 0.15) is 0 Å². The van der Waals surface area contributed by atoms with Crippen molar-refractivity contribution in [1.82, 2.24) is 14.6 Å². The number of rotatable bonds is 2. The molecule has 0 radical (unpaired) electrons. The molecule has 3 saturated heterocycles. The highest BCUT2D eigenvalue weighted by Gasteiger charge is 2.34. The Morgan fingerprint density at radius 1 is 1.24 bits per heavy atom. The van der Waals surface area contributed by atoms with Gasteiger partial charge in [-0.15, -0.1) is 0 Å². The highest BCUT2D eigenvalue weighted by atomic mass is 16.1. The molecule has 0 aliphatic carbocycles. The highest BCUT2D eigenvalue weighted by Crippen LogP contribution is 2.27. The number of piperidine rings is 3. The molecule has 2 bridgehead atoms. The molecule has 2 aromatic rings. The van der Waals surface area contributed by atoms with Crippen molar-refractivity contribution in [3.8, 4) is 0 Å². The Morgan fingerprint density at radius 2 is 2.05 bits per heavy atom. The Kier molecular flexibility index (Phi) is 3.00. The van der Waals surface area contributed by atoms with Gasteiger partial charge in [-0.1, -0.05) is 0 Å². The summed E-state index contributed by atoms with van der Waals surface area (Å²) in [4.78, 5) is 15.0. The van der Waals surface area contributed by atoms with Crippen LogP contribution in [0.4, 0.5) is 0 Å². The summed E-state index contributed by atoms with van der Waals surface area (Å²) >= 11 is 0. The number of aromatic nitrogens is 1. The average Bonchev–Trinajstić information content (AvgIpc) is 2.89. The Balaban J connectivity index is 1.53. The molecular weight excluding hydrogens is 262 g/mol. The first-order valence-corrected chi connectivity index (χ1v) is 7.81. The smallest absolute Gasteiger partial charge is 0.253 e. The van der Waals surface area contributed by atoms with E-state index in [0.29, 0.717) is 12.0 Å². The standard InChI is InChI=1S/C17H21N3O/c1-12-4-9-20-10-14(2-3-16(12)20)17(21)18-15-11-19-7-5-13(15)6-8-19/h2-4,9-10,13,15H,5-8,11H2,1H3,(H,18,21). The number of fused-ring (bicyclic) bond motifs is 4. The third-order valence-corrected chi connectivity index (χ3v) is 5.10. The van der Waals surface area contributed by atoms with Crippen LogP contribution in [-0.4, -0.2) is 40.9 Å². The summed E-state index contributed by atoms with van der Waals surface area (Å²) in [6.45, 7) is 5.50. The first-order chi connectivity index (χ1) is 10.2. The van der Waals surface area contributed by atoms with Crippen LogP contribution in [0.1, 0.15) is 28.8 Å². The van der Waals surface area contributed by atoms with E-state index in [1.165, 1.54) is 31.5 Å². The van der Waals surface area contributed by atoms with Crippen molar-refractivity contribution < 1.29 is 4.79 Å². The third-order valence-electron chi connectivity index (χ3n) is 5.10. The zero-order chi connectivity index (χ0) is 14.4. The largest absolute Gasteiger partial charge is 0.348 e. The minimum atomic E-state index is 0.0574. The summed E-state index contributed by atoms with van der Waals surface area (Å²) in [7, 11) is 0. The topological polar surface area (TPSA) is 36.8 Å². The van der Waals surface area contributed by atoms with Gasteiger partial charge >= 0.3 is 0 Å². The Morgan fingerprint density at radius 3 is 2.76 bits per heavy atom. The van der Waals surface area contributed by atoms with E-state index in [1.807, 2.05) is 28.9 Å². The van der Waals surface area contributed by atoms with E-state index in [2.05, 4.69) is 23.2 Å². The van der Waals surface area contributed by atoms with Gasteiger partial charge in [0.15, 0.2) is 0 Å². The highest BCUT2D eigenvalue weighted by molar-refractivity contribution is 5.94. The number of carbonyl (C=O) groups is 1. The lowest BCUT2D eigenvalue weighted by atomic mass is 9.84. The van der Waals surface area contributed by atoms with E-state index < -0.39 is 0 Å². The molecule has 0 spiro atoms. The first-order valence-electron chi connectivity index (χ1n) is 7.81. The molecule has 4 nitrogen and oxygen atoms in total. The summed E-state index contributed by atoms with van der Waals surface area (Å²) in [6, 6.07) is 6.35. The lowest BCUT2D eigenvalue weighted by molar-refractivity contribution is 0.0620. The van der Waals surface area contributed by atoms with Gasteiger partial charge in [-0.3, -0.25) is 4.79 Å². The lowest BCUT2D eigenvalue weighted by Crippen LogP contribution is -2.57. The fourth-order valence-electron chi connectivity index (χ4n) is 3.77. The summed E-state index contributed by atoms with van der Waals surface area (Å²) in [5.74, 6) is 0.721. The molecule has 1 atom stereocenters. The van der Waals surface area contributed by atoms with E-state index in [9.17, 15) is 4.79 Å². The van der Waals surface area contributed by atoms with Crippen LogP contribution in [0.2, 0.25) is 0 Å². The van der Waals surface area contributed by atoms with Gasteiger partial charge in [0.05, 0.1) is 5.56 Å². The van der Waals surface area contributed by atoms with Crippen LogP contribution in [-0.2, 0) is 0 Å². The lowest BCUT2D eigenvalue weighted by Gasteiger charge is -2.44. The van der Waals surface area contributed by atoms with Crippen molar-refractivity contribution in [2.75, 3.05) is 19.6 Å². The second-order valence-electron chi connectivity index (χ2n) is 6.43. The van der Waals surface area contributed by atoms with Crippen LogP contribution in [0.15, 0.2) is 30.6 Å². The molecule has 4 heteroatoms. The molecular formula is C17H21N3O. The molecule has 1 unspecified atom stereocenters. The number of hydrogen-bond donors (Lipinski definition) is 1. The molecule has 110 valence electrons. The predicted octanol–water partition coefficient (Wildman–Crippen LogP) is 2.07. The monoisotopic (exact) mass is 283 g/mol. The normalized spacial score (nSPS) is 28.0. The quantitative estimate of drug-likeness (QED) is 0.916. The van der Waals surface area contributed by atoms with Crippen LogP contribution < -0.4 is 5.32 Å². The molecule has 3 fully saturated rings. The number of aryl methyl sites for hydroxylation is 1. The number of carbonyl (C=O) groups excluding carboxylic acids is 1. The van der Waals surface area contributed by atoms with Gasteiger partial charge < -0.3 is 14.6 Å². The van der Waals surface area contributed by atoms with Gasteiger partial charge in [-0.05, 0) is 62.5 Å². The minimum absolute atomic E-state index is 0.0574. The van der Waals surface area contributed by atoms with Gasteiger partial charge in [0.25, 0.3) is 5.91 Å². The van der Waals surface area contributed by atoms with E-state index in [-0.39, 0.29) is 5.91 Å². The molecule has 0 saturated carbocycles. The first kappa shape index (κ1) is 12.9. The van der Waals surface area contributed by atoms with Gasteiger partial charge in [-0.2, -0.15) is 0 Å². The molecule has 5 rings (SSSR count). The molecule has 5 heterocycles. The fraction of sp³-hybridized carbons (Fsp3) is 0.471. The molecule has 3 aliphatic rings. The Hall–Kier alpha value is -1.81. The SMILES string of the molecule is Cc1ccn2cc(C(=O)NC3CN4CCC3CC4)ccc12. The van der Waals surface area contributed by atoms with Crippen LogP contribution in [0.3, 0.4) is 0 Å². The van der Waals surface area contributed by atoms with Crippen molar-refractivity contribution in [2.45, 2.75) is 25.8 Å². The predicted molar refractivity (Wildman–Crippen MR) is 82.6 cm³/mol. The van der Waals surface area contributed by atoms with Crippen molar-refractivity contribution in [3.63, 3.8) is 0 Å². The van der Waals surface area contributed by atoms with Crippen LogP contribution in [0.5, 0.6) is 0 Å². The van der Waals surface area contributed by atoms with E-state index in [4.69, 9.17) is 0 Å². The summed E-state index contributed by atoms with van der Waals surface area (Å²) in [5.41, 5.74) is 3.14. The number of nitrogens with zero attached hydrogens (tertiary/aromatic N) is 2. The van der Waals surface area contributed by atoms with Crippen LogP contribution in [0, 0.1) is 12.8 Å². The van der Waals surface area contributed by atoms with Crippen molar-refractivity contribution in [2.24, 2.45) is 5.92 Å². The Bertz CT molecular complexity index is 682. The van der Waals surface area contributed by atoms with Crippen LogP contribution >= 0.6 is 0 Å². The Labute approximate surface area is 124 Å². The minimum Gasteiger partial charge on any atom is -0.348 e. The average molecular weight is 283 g/mol. The summed E-state index contributed by atoms with van der Waals surface area (Å²) in [5, 5.41) is 3.24. The molecule has 2 aromatic heterocycles. The molecule has 0 aromatic carbocycles. The molecule has 3 aliphatic heterocycles. The van der Waals surface area contributed by atoms with E-state index in [1.54, 1.807) is 0 Å². The number of hydrogen-bond acceptors (Lipinski definition) is 2. The molecule has 21 heavy (non-hydrogen) atoms. The second kappa shape index (κ2) is 4.88. The van der Waals surface area contributed by atoms with Crippen molar-refractivity contribution in [1.29, 1.82) is 0 Å². The van der Waals surface area contributed by atoms with Gasteiger partial charge in [-0.25, -0.2) is 0 Å². The zero-order valence-electron chi connectivity index (χ0n) is 12.4. The third kappa shape index (κ3) is 2.23. The number of amides is 1. The summed E-state index contributed by atoms with van der Waals surface area (Å²) < 4.78 is 2.03. The van der Waals surface area contributed by atoms with Crippen molar-refractivity contribution in [3.05, 3.63) is 41.7 Å². The zero-order valence-corrected chi connectivity index (χ0v) is 12.4.